The van der Waals surface area contributed by atoms with Gasteiger partial charge in [-0.3, -0.25) is 0 Å². The van der Waals surface area contributed by atoms with Crippen LogP contribution in [0, 0.1) is 5.92 Å². The van der Waals surface area contributed by atoms with Crippen LogP contribution in [0.2, 0.25) is 0 Å². The van der Waals surface area contributed by atoms with Crippen LogP contribution < -0.4 is 9.47 Å². The zero-order chi connectivity index (χ0) is 21.8. The van der Waals surface area contributed by atoms with Crippen LogP contribution in [0.25, 0.3) is 0 Å². The molecule has 0 aromatic heterocycles. The fourth-order valence-corrected chi connectivity index (χ4v) is 6.51. The molecular formula is C24H33NO5S. The molecule has 6 nitrogen and oxygen atoms in total. The molecular weight excluding hydrogens is 414 g/mol. The van der Waals surface area contributed by atoms with E-state index >= 15 is 0 Å². The number of hydrogen-bond acceptors (Lipinski definition) is 6. The van der Waals surface area contributed by atoms with Crippen LogP contribution in [0.4, 0.5) is 0 Å². The van der Waals surface area contributed by atoms with Gasteiger partial charge in [-0.05, 0) is 70.0 Å². The number of methoxy groups -OCH3 is 1. The first-order chi connectivity index (χ1) is 15.0. The van der Waals surface area contributed by atoms with Crippen LogP contribution in [-0.2, 0) is 14.6 Å². The van der Waals surface area contributed by atoms with E-state index < -0.39 is 21.2 Å². The Kier molecular flexibility index (Phi) is 6.92. The predicted octanol–water partition coefficient (Wildman–Crippen LogP) is 3.97. The molecule has 0 amide bonds. The highest BCUT2D eigenvalue weighted by Crippen LogP contribution is 2.43. The second kappa shape index (κ2) is 9.65. The molecule has 1 aromatic rings. The highest BCUT2D eigenvalue weighted by Gasteiger charge is 2.44. The van der Waals surface area contributed by atoms with Crippen LogP contribution in [0.1, 0.15) is 39.0 Å². The lowest BCUT2D eigenvalue weighted by Crippen LogP contribution is -2.44. The van der Waals surface area contributed by atoms with Crippen molar-refractivity contribution >= 4 is 9.84 Å². The normalized spacial score (nSPS) is 27.7. The predicted molar refractivity (Wildman–Crippen MR) is 120 cm³/mol. The van der Waals surface area contributed by atoms with Crippen LogP contribution in [0.3, 0.4) is 0 Å². The van der Waals surface area contributed by atoms with E-state index in [1.54, 1.807) is 25.1 Å². The van der Waals surface area contributed by atoms with E-state index in [0.29, 0.717) is 24.5 Å². The van der Waals surface area contributed by atoms with E-state index in [1.807, 2.05) is 12.2 Å². The summed E-state index contributed by atoms with van der Waals surface area (Å²) in [7, 11) is -2.07. The van der Waals surface area contributed by atoms with Gasteiger partial charge in [0.1, 0.15) is 28.6 Å². The third-order valence-corrected chi connectivity index (χ3v) is 8.74. The molecule has 0 bridgehead atoms. The number of piperidine rings is 1. The average Bonchev–Trinajstić information content (AvgIpc) is 2.80. The van der Waals surface area contributed by atoms with Crippen molar-refractivity contribution < 1.29 is 22.6 Å². The Morgan fingerprint density at radius 3 is 2.71 bits per heavy atom. The summed E-state index contributed by atoms with van der Waals surface area (Å²) in [6.07, 6.45) is 11.3. The molecule has 1 aromatic carbocycles. The lowest BCUT2D eigenvalue weighted by Gasteiger charge is -2.36. The molecule has 31 heavy (non-hydrogen) atoms. The Morgan fingerprint density at radius 1 is 1.19 bits per heavy atom. The molecule has 3 aliphatic rings. The Bertz CT molecular complexity index is 933. The van der Waals surface area contributed by atoms with Gasteiger partial charge in [0.25, 0.3) is 0 Å². The van der Waals surface area contributed by atoms with E-state index in [9.17, 15) is 8.42 Å². The minimum absolute atomic E-state index is 0.0233. The average molecular weight is 448 g/mol. The second-order valence-corrected chi connectivity index (χ2v) is 10.8. The van der Waals surface area contributed by atoms with Gasteiger partial charge in [-0.15, -0.1) is 0 Å². The zero-order valence-electron chi connectivity index (χ0n) is 18.5. The maximum atomic E-state index is 13.2. The topological polar surface area (TPSA) is 65.1 Å². The number of nitrogens with zero attached hydrogens (tertiary/aromatic N) is 1. The third kappa shape index (κ3) is 4.77. The molecule has 1 unspecified atom stereocenters. The van der Waals surface area contributed by atoms with Gasteiger partial charge in [-0.25, -0.2) is 8.42 Å². The molecule has 0 saturated carbocycles. The van der Waals surface area contributed by atoms with Crippen molar-refractivity contribution in [3.05, 3.63) is 42.2 Å². The van der Waals surface area contributed by atoms with Gasteiger partial charge >= 0.3 is 0 Å². The molecule has 0 N–H and O–H groups in total. The first kappa shape index (κ1) is 22.2. The summed E-state index contributed by atoms with van der Waals surface area (Å²) >= 11 is 0. The summed E-state index contributed by atoms with van der Waals surface area (Å²) in [6.45, 7) is 5.94. The third-order valence-electron chi connectivity index (χ3n) is 6.52. The number of allylic oxidation sites excluding steroid dienone is 2. The van der Waals surface area contributed by atoms with Gasteiger partial charge in [0.15, 0.2) is 14.7 Å². The molecule has 170 valence electrons. The quantitative estimate of drug-likeness (QED) is 0.590. The Morgan fingerprint density at radius 2 is 2.00 bits per heavy atom. The van der Waals surface area contributed by atoms with Crippen LogP contribution in [-0.4, -0.2) is 58.0 Å². The number of rotatable bonds is 7. The number of likely N-dealkylation sites (tertiary alicyclic amines) is 1. The molecule has 2 aliphatic heterocycles. The van der Waals surface area contributed by atoms with Gasteiger partial charge in [0.2, 0.25) is 0 Å². The molecule has 3 atom stereocenters. The van der Waals surface area contributed by atoms with E-state index in [-0.39, 0.29) is 10.8 Å². The molecule has 1 saturated heterocycles. The maximum Gasteiger partial charge on any atom is 0.191 e. The first-order valence-electron chi connectivity index (χ1n) is 11.3. The highest BCUT2D eigenvalue weighted by molar-refractivity contribution is 7.92. The van der Waals surface area contributed by atoms with Gasteiger partial charge in [0.05, 0.1) is 13.7 Å². The molecule has 7 heteroatoms. The summed E-state index contributed by atoms with van der Waals surface area (Å²) in [5.74, 6) is 1.55. The molecule has 0 radical (unpaired) electrons. The largest absolute Gasteiger partial charge is 0.495 e. The number of benzene rings is 1. The number of hydrogen-bond donors (Lipinski definition) is 0. The van der Waals surface area contributed by atoms with Gasteiger partial charge < -0.3 is 19.1 Å². The van der Waals surface area contributed by atoms with Crippen molar-refractivity contribution in [3.63, 3.8) is 0 Å². The summed E-state index contributed by atoms with van der Waals surface area (Å²) in [6, 6.07) is 5.12. The molecule has 1 fully saturated rings. The second-order valence-electron chi connectivity index (χ2n) is 8.59. The lowest BCUT2D eigenvalue weighted by molar-refractivity contribution is 0.138. The van der Waals surface area contributed by atoms with Crippen molar-refractivity contribution in [2.24, 2.45) is 5.92 Å². The van der Waals surface area contributed by atoms with Crippen molar-refractivity contribution in [1.29, 1.82) is 0 Å². The van der Waals surface area contributed by atoms with E-state index in [1.165, 1.54) is 39.5 Å². The number of sulfone groups is 1. The minimum atomic E-state index is -3.54. The standard InChI is InChI=1S/C24H33NO5S/c1-18-23(30-22-9-6-8-21(28-2)24(22)31(18,26)27)19-10-12-20(13-11-19)29-17-7-16-25-14-4-3-5-15-25/h6,8-10,12-13,18-19,23H,3-5,7,11,14-17H2,1-2H3/t18-,19?,23+/m0/s1. The maximum absolute atomic E-state index is 13.2. The molecule has 2 heterocycles. The van der Waals surface area contributed by atoms with Gasteiger partial charge in [-0.2, -0.15) is 0 Å². The molecule has 0 spiro atoms. The Hall–Kier alpha value is -1.99. The first-order valence-corrected chi connectivity index (χ1v) is 12.9. The van der Waals surface area contributed by atoms with Crippen LogP contribution >= 0.6 is 0 Å². The zero-order valence-corrected chi connectivity index (χ0v) is 19.3. The molecule has 4 rings (SSSR count). The smallest absolute Gasteiger partial charge is 0.191 e. The van der Waals surface area contributed by atoms with Gasteiger partial charge in [0, 0.05) is 12.5 Å². The summed E-state index contributed by atoms with van der Waals surface area (Å²) in [4.78, 5) is 2.68. The lowest BCUT2D eigenvalue weighted by atomic mass is 9.92. The monoisotopic (exact) mass is 447 g/mol. The fourth-order valence-electron chi connectivity index (χ4n) is 4.70. The SMILES string of the molecule is COc1cccc2c1S(=O)(=O)[C@@H](C)[C@H](C1C=CC(OCCCN3CCCCC3)=CC1)O2. The number of fused-ring (bicyclic) bond motifs is 1. The number of ether oxygens (including phenoxy) is 3. The van der Waals surface area contributed by atoms with Crippen molar-refractivity contribution in [2.75, 3.05) is 33.4 Å². The Balaban J connectivity index is 1.34. The van der Waals surface area contributed by atoms with Crippen molar-refractivity contribution in [3.8, 4) is 11.5 Å². The Labute approximate surface area is 185 Å². The summed E-state index contributed by atoms with van der Waals surface area (Å²) in [5, 5.41) is -0.661. The molecule has 1 aliphatic carbocycles. The van der Waals surface area contributed by atoms with Crippen molar-refractivity contribution in [1.82, 2.24) is 4.90 Å². The van der Waals surface area contributed by atoms with Gasteiger partial charge in [-0.1, -0.05) is 18.6 Å². The van der Waals surface area contributed by atoms with Crippen LogP contribution in [0.15, 0.2) is 47.1 Å². The highest BCUT2D eigenvalue weighted by atomic mass is 32.2. The van der Waals surface area contributed by atoms with Crippen molar-refractivity contribution in [2.45, 2.75) is 55.3 Å². The summed E-state index contributed by atoms with van der Waals surface area (Å²) in [5.41, 5.74) is 0. The summed E-state index contributed by atoms with van der Waals surface area (Å²) < 4.78 is 43.7. The van der Waals surface area contributed by atoms with E-state index in [2.05, 4.69) is 11.0 Å². The van der Waals surface area contributed by atoms with Crippen LogP contribution in [0.5, 0.6) is 11.5 Å². The van der Waals surface area contributed by atoms with E-state index in [0.717, 1.165) is 18.7 Å². The minimum Gasteiger partial charge on any atom is -0.495 e. The fraction of sp³-hybridized carbons (Fsp3) is 0.583. The van der Waals surface area contributed by atoms with E-state index in [4.69, 9.17) is 14.2 Å².